The van der Waals surface area contributed by atoms with E-state index in [9.17, 15) is 24.9 Å². The van der Waals surface area contributed by atoms with Crippen LogP contribution in [0.5, 0.6) is 11.5 Å². The molecule has 114 valence electrons. The van der Waals surface area contributed by atoms with Crippen molar-refractivity contribution in [2.24, 2.45) is 5.41 Å². The van der Waals surface area contributed by atoms with Crippen LogP contribution in [0.1, 0.15) is 23.2 Å². The molecule has 0 aliphatic carbocycles. The fourth-order valence-electron chi connectivity index (χ4n) is 2.24. The minimum atomic E-state index is -1.02. The minimum absolute atomic E-state index is 0.00777. The van der Waals surface area contributed by atoms with E-state index in [1.807, 2.05) is 0 Å². The Bertz CT molecular complexity index is 550. The zero-order valence-electron chi connectivity index (χ0n) is 11.3. The van der Waals surface area contributed by atoms with Crippen LogP contribution >= 0.6 is 0 Å². The first kappa shape index (κ1) is 15.1. The predicted octanol–water partition coefficient (Wildman–Crippen LogP) is 0.709. The highest BCUT2D eigenvalue weighted by Gasteiger charge is 2.40. The van der Waals surface area contributed by atoms with Gasteiger partial charge in [-0.1, -0.05) is 0 Å². The first-order valence-corrected chi connectivity index (χ1v) is 6.56. The predicted molar refractivity (Wildman–Crippen MR) is 72.2 cm³/mol. The first-order valence-electron chi connectivity index (χ1n) is 6.56. The van der Waals surface area contributed by atoms with Gasteiger partial charge < -0.3 is 25.4 Å². The Labute approximate surface area is 121 Å². The fraction of sp³-hybridized carbons (Fsp3) is 0.429. The summed E-state index contributed by atoms with van der Waals surface area (Å²) in [5, 5.41) is 30.5. The van der Waals surface area contributed by atoms with Crippen LogP contribution in [0.4, 0.5) is 0 Å². The number of carboxylic acids is 1. The molecule has 0 aromatic heterocycles. The Balaban J connectivity index is 2.05. The van der Waals surface area contributed by atoms with Crippen molar-refractivity contribution in [2.45, 2.75) is 12.8 Å². The van der Waals surface area contributed by atoms with Gasteiger partial charge in [-0.25, -0.2) is 0 Å². The lowest BCUT2D eigenvalue weighted by molar-refractivity contribution is -0.154. The van der Waals surface area contributed by atoms with E-state index in [1.54, 1.807) is 0 Å². The molecule has 1 fully saturated rings. The van der Waals surface area contributed by atoms with E-state index in [1.165, 1.54) is 12.1 Å². The molecule has 2 rings (SSSR count). The number of rotatable bonds is 4. The van der Waals surface area contributed by atoms with E-state index in [0.29, 0.717) is 26.1 Å². The van der Waals surface area contributed by atoms with E-state index < -0.39 is 23.0 Å². The molecule has 1 aliphatic rings. The monoisotopic (exact) mass is 295 g/mol. The first-order chi connectivity index (χ1) is 9.94. The van der Waals surface area contributed by atoms with E-state index in [0.717, 1.165) is 6.07 Å². The molecule has 1 heterocycles. The highest BCUT2D eigenvalue weighted by atomic mass is 16.5. The third-order valence-corrected chi connectivity index (χ3v) is 3.73. The van der Waals surface area contributed by atoms with Crippen LogP contribution in [0.25, 0.3) is 0 Å². The lowest BCUT2D eigenvalue weighted by Crippen LogP contribution is -2.46. The normalized spacial score (nSPS) is 17.1. The van der Waals surface area contributed by atoms with Gasteiger partial charge in [-0.15, -0.1) is 0 Å². The number of nitrogens with one attached hydrogen (secondary N) is 1. The van der Waals surface area contributed by atoms with E-state index in [-0.39, 0.29) is 17.9 Å². The number of carbonyl (C=O) groups excluding carboxylic acids is 1. The Kier molecular flexibility index (Phi) is 4.32. The van der Waals surface area contributed by atoms with Gasteiger partial charge in [0.25, 0.3) is 5.91 Å². The van der Waals surface area contributed by atoms with Crippen LogP contribution in [0.2, 0.25) is 0 Å². The number of carbonyl (C=O) groups is 2. The number of hydrogen-bond acceptors (Lipinski definition) is 5. The zero-order valence-corrected chi connectivity index (χ0v) is 11.3. The van der Waals surface area contributed by atoms with Gasteiger partial charge in [0.2, 0.25) is 0 Å². The number of phenols is 2. The van der Waals surface area contributed by atoms with Crippen LogP contribution in [-0.4, -0.2) is 47.0 Å². The SMILES string of the molecule is O=C(NCC1(C(=O)O)CCOCC1)c1ccc(O)c(O)c1. The Morgan fingerprint density at radius 1 is 1.19 bits per heavy atom. The van der Waals surface area contributed by atoms with Gasteiger partial charge in [0.1, 0.15) is 0 Å². The number of hydrogen-bond donors (Lipinski definition) is 4. The van der Waals surface area contributed by atoms with Gasteiger partial charge in [-0.3, -0.25) is 9.59 Å². The molecule has 0 bridgehead atoms. The summed E-state index contributed by atoms with van der Waals surface area (Å²) < 4.78 is 5.16. The molecule has 1 aliphatic heterocycles. The highest BCUT2D eigenvalue weighted by molar-refractivity contribution is 5.95. The van der Waals surface area contributed by atoms with Gasteiger partial charge in [0.05, 0.1) is 5.41 Å². The van der Waals surface area contributed by atoms with Gasteiger partial charge in [-0.05, 0) is 31.0 Å². The standard InChI is InChI=1S/C14H17NO6/c16-10-2-1-9(7-11(10)17)12(18)15-8-14(13(19)20)3-5-21-6-4-14/h1-2,7,16-17H,3-6,8H2,(H,15,18)(H,19,20). The van der Waals surface area contributed by atoms with Crippen molar-refractivity contribution in [2.75, 3.05) is 19.8 Å². The van der Waals surface area contributed by atoms with Crippen molar-refractivity contribution in [3.63, 3.8) is 0 Å². The smallest absolute Gasteiger partial charge is 0.311 e. The summed E-state index contributed by atoms with van der Waals surface area (Å²) in [5.41, 5.74) is -0.870. The molecule has 0 radical (unpaired) electrons. The number of aliphatic carboxylic acids is 1. The third-order valence-electron chi connectivity index (χ3n) is 3.73. The summed E-state index contributed by atoms with van der Waals surface area (Å²) in [6.45, 7) is 0.691. The van der Waals surface area contributed by atoms with Crippen molar-refractivity contribution in [1.82, 2.24) is 5.32 Å². The van der Waals surface area contributed by atoms with Crippen molar-refractivity contribution in [1.29, 1.82) is 0 Å². The molecule has 4 N–H and O–H groups in total. The molecular weight excluding hydrogens is 278 g/mol. The summed E-state index contributed by atoms with van der Waals surface area (Å²) >= 11 is 0. The third kappa shape index (κ3) is 3.25. The van der Waals surface area contributed by atoms with Crippen molar-refractivity contribution >= 4 is 11.9 Å². The maximum atomic E-state index is 12.0. The second kappa shape index (κ2) is 6.01. The Morgan fingerprint density at radius 3 is 2.43 bits per heavy atom. The Morgan fingerprint density at radius 2 is 1.86 bits per heavy atom. The minimum Gasteiger partial charge on any atom is -0.504 e. The molecular formula is C14H17NO6. The summed E-state index contributed by atoms with van der Waals surface area (Å²) in [6.07, 6.45) is 0.673. The fourth-order valence-corrected chi connectivity index (χ4v) is 2.24. The summed E-state index contributed by atoms with van der Waals surface area (Å²) in [7, 11) is 0. The molecule has 0 spiro atoms. The maximum Gasteiger partial charge on any atom is 0.311 e. The van der Waals surface area contributed by atoms with E-state index >= 15 is 0 Å². The van der Waals surface area contributed by atoms with Gasteiger partial charge in [0, 0.05) is 25.3 Å². The van der Waals surface area contributed by atoms with Crippen molar-refractivity contribution in [3.05, 3.63) is 23.8 Å². The average Bonchev–Trinajstić information content (AvgIpc) is 2.48. The van der Waals surface area contributed by atoms with Gasteiger partial charge >= 0.3 is 5.97 Å². The second-order valence-electron chi connectivity index (χ2n) is 5.08. The summed E-state index contributed by atoms with van der Waals surface area (Å²) in [4.78, 5) is 23.4. The number of benzene rings is 1. The maximum absolute atomic E-state index is 12.0. The number of carboxylic acid groups (broad SMARTS) is 1. The van der Waals surface area contributed by atoms with Crippen molar-refractivity contribution in [3.8, 4) is 11.5 Å². The summed E-state index contributed by atoms with van der Waals surface area (Å²) in [6, 6.07) is 3.68. The molecule has 7 nitrogen and oxygen atoms in total. The molecule has 0 saturated carbocycles. The highest BCUT2D eigenvalue weighted by Crippen LogP contribution is 2.30. The van der Waals surface area contributed by atoms with E-state index in [4.69, 9.17) is 4.74 Å². The molecule has 0 unspecified atom stereocenters. The second-order valence-corrected chi connectivity index (χ2v) is 5.08. The van der Waals surface area contributed by atoms with Gasteiger partial charge in [-0.2, -0.15) is 0 Å². The van der Waals surface area contributed by atoms with E-state index in [2.05, 4.69) is 5.32 Å². The Hall–Kier alpha value is -2.28. The molecule has 7 heteroatoms. The molecule has 1 saturated heterocycles. The molecule has 1 aromatic rings. The topological polar surface area (TPSA) is 116 Å². The zero-order chi connectivity index (χ0) is 15.5. The lowest BCUT2D eigenvalue weighted by Gasteiger charge is -2.33. The quantitative estimate of drug-likeness (QED) is 0.608. The molecule has 21 heavy (non-hydrogen) atoms. The van der Waals surface area contributed by atoms with Crippen LogP contribution in [-0.2, 0) is 9.53 Å². The lowest BCUT2D eigenvalue weighted by atomic mass is 9.80. The van der Waals surface area contributed by atoms with Crippen LogP contribution in [0, 0.1) is 5.41 Å². The van der Waals surface area contributed by atoms with Crippen LogP contribution in [0.3, 0.4) is 0 Å². The molecule has 1 aromatic carbocycles. The molecule has 1 amide bonds. The average molecular weight is 295 g/mol. The number of amides is 1. The van der Waals surface area contributed by atoms with Crippen LogP contribution in [0.15, 0.2) is 18.2 Å². The summed E-state index contributed by atoms with van der Waals surface area (Å²) in [5.74, 6) is -2.18. The largest absolute Gasteiger partial charge is 0.504 e. The van der Waals surface area contributed by atoms with Crippen molar-refractivity contribution < 1.29 is 29.6 Å². The number of aromatic hydroxyl groups is 2. The number of ether oxygens (including phenoxy) is 1. The van der Waals surface area contributed by atoms with Crippen LogP contribution < -0.4 is 5.32 Å². The van der Waals surface area contributed by atoms with Gasteiger partial charge in [0.15, 0.2) is 11.5 Å². The number of phenolic OH excluding ortho intramolecular Hbond substituents is 2. The molecule has 0 atom stereocenters.